The lowest BCUT2D eigenvalue weighted by Crippen LogP contribution is -2.57. The maximum absolute atomic E-state index is 13.9. The maximum Gasteiger partial charge on any atom is 0.337 e. The minimum Gasteiger partial charge on any atom is -0.490 e. The molecular weight excluding hydrogens is 351 g/mol. The van der Waals surface area contributed by atoms with E-state index >= 15 is 0 Å². The molecule has 0 aliphatic heterocycles. The van der Waals surface area contributed by atoms with Crippen LogP contribution in [0.1, 0.15) is 58.6 Å². The van der Waals surface area contributed by atoms with Crippen LogP contribution >= 0.6 is 0 Å². The van der Waals surface area contributed by atoms with Crippen molar-refractivity contribution in [3.63, 3.8) is 0 Å². The third-order valence-corrected chi connectivity index (χ3v) is 5.19. The highest BCUT2D eigenvalue weighted by Gasteiger charge is 2.45. The van der Waals surface area contributed by atoms with Crippen LogP contribution in [0.5, 0.6) is 5.75 Å². The molecule has 0 amide bonds. The molecule has 1 saturated carbocycles. The lowest BCUT2D eigenvalue weighted by Gasteiger charge is -2.32. The molecule has 2 atom stereocenters. The Labute approximate surface area is 159 Å². The van der Waals surface area contributed by atoms with Crippen molar-refractivity contribution in [2.75, 3.05) is 0 Å². The lowest BCUT2D eigenvalue weighted by atomic mass is 9.84. The van der Waals surface area contributed by atoms with E-state index in [4.69, 9.17) is 10.5 Å². The molecule has 27 heavy (non-hydrogen) atoms. The van der Waals surface area contributed by atoms with E-state index in [1.54, 1.807) is 12.1 Å². The summed E-state index contributed by atoms with van der Waals surface area (Å²) in [5, 5.41) is 20.1. The lowest BCUT2D eigenvalue weighted by molar-refractivity contribution is -0.161. The van der Waals surface area contributed by atoms with E-state index < -0.39 is 23.3 Å². The molecule has 1 aromatic rings. The van der Waals surface area contributed by atoms with Crippen molar-refractivity contribution in [1.29, 1.82) is 0 Å². The Balaban J connectivity index is 2.10. The van der Waals surface area contributed by atoms with Crippen molar-refractivity contribution in [2.24, 2.45) is 11.7 Å². The van der Waals surface area contributed by atoms with Crippen molar-refractivity contribution in [2.45, 2.75) is 82.7 Å². The Kier molecular flexibility index (Phi) is 6.81. The van der Waals surface area contributed by atoms with Gasteiger partial charge in [0, 0.05) is 30.4 Å². The summed E-state index contributed by atoms with van der Waals surface area (Å²) >= 11 is 0. The summed E-state index contributed by atoms with van der Waals surface area (Å²) in [5.41, 5.74) is 2.19. The van der Waals surface area contributed by atoms with E-state index in [9.17, 15) is 19.4 Å². The van der Waals surface area contributed by atoms with E-state index in [2.05, 4.69) is 11.9 Å². The van der Waals surface area contributed by atoms with Gasteiger partial charge in [-0.2, -0.15) is 0 Å². The van der Waals surface area contributed by atoms with Gasteiger partial charge in [-0.05, 0) is 57.9 Å². The van der Waals surface area contributed by atoms with Crippen LogP contribution in [0.3, 0.4) is 0 Å². The number of halogens is 1. The van der Waals surface area contributed by atoms with E-state index in [0.717, 1.165) is 25.7 Å². The fourth-order valence-electron chi connectivity index (χ4n) is 3.50. The zero-order chi connectivity index (χ0) is 20.2. The third kappa shape index (κ3) is 6.14. The molecule has 1 aromatic heterocycles. The Morgan fingerprint density at radius 2 is 2.04 bits per heavy atom. The fourth-order valence-corrected chi connectivity index (χ4v) is 3.50. The van der Waals surface area contributed by atoms with E-state index in [1.807, 2.05) is 0 Å². The molecular formula is C20H31FN2O4. The predicted octanol–water partition coefficient (Wildman–Crippen LogP) is 2.86. The summed E-state index contributed by atoms with van der Waals surface area (Å²) in [7, 11) is 0. The highest BCUT2D eigenvalue weighted by Crippen LogP contribution is 2.29. The number of aliphatic hydroxyl groups is 1. The molecule has 1 fully saturated rings. The number of nitrogens with zero attached hydrogens (tertiary/aromatic N) is 1. The van der Waals surface area contributed by atoms with Crippen LogP contribution in [0.4, 0.5) is 4.39 Å². The third-order valence-electron chi connectivity index (χ3n) is 5.19. The van der Waals surface area contributed by atoms with Crippen LogP contribution in [-0.4, -0.2) is 44.6 Å². The molecule has 1 aliphatic carbocycles. The number of aromatic nitrogens is 1. The van der Waals surface area contributed by atoms with E-state index in [0.29, 0.717) is 17.4 Å². The van der Waals surface area contributed by atoms with Crippen LogP contribution in [0.25, 0.3) is 0 Å². The number of alkyl halides is 1. The summed E-state index contributed by atoms with van der Waals surface area (Å²) in [5.74, 6) is -0.190. The summed E-state index contributed by atoms with van der Waals surface area (Å²) in [6.45, 7) is 4.83. The van der Waals surface area contributed by atoms with Crippen molar-refractivity contribution in [1.82, 2.24) is 4.98 Å². The molecule has 1 aliphatic rings. The minimum absolute atomic E-state index is 0.129. The first-order valence-electron chi connectivity index (χ1n) is 9.51. The van der Waals surface area contributed by atoms with Crippen LogP contribution in [0.2, 0.25) is 0 Å². The standard InChI is InChI=1S/C20H31FN2O4/c1-13-4-6-15(7-5-13)27-16-8-9-23-14(10-16)11-20(26,18(24)25)17(22)12-19(2,3)21/h8-10,13,15,17,26H,4-7,11-12,22H2,1-3H3,(H,24,25)/t13?,15?,17-,20+/m0/s1. The second-order valence-corrected chi connectivity index (χ2v) is 8.42. The molecule has 0 radical (unpaired) electrons. The fraction of sp³-hybridized carbons (Fsp3) is 0.700. The van der Waals surface area contributed by atoms with Crippen LogP contribution in [0, 0.1) is 5.92 Å². The second kappa shape index (κ2) is 8.52. The molecule has 0 aromatic carbocycles. The topological polar surface area (TPSA) is 106 Å². The van der Waals surface area contributed by atoms with Crippen LogP contribution in [-0.2, 0) is 11.2 Å². The molecule has 6 nitrogen and oxygen atoms in total. The number of hydrogen-bond acceptors (Lipinski definition) is 5. The van der Waals surface area contributed by atoms with Gasteiger partial charge in [0.25, 0.3) is 0 Å². The van der Waals surface area contributed by atoms with Gasteiger partial charge in [-0.15, -0.1) is 0 Å². The van der Waals surface area contributed by atoms with Gasteiger partial charge in [0.05, 0.1) is 6.10 Å². The number of carbonyl (C=O) groups is 1. The molecule has 4 N–H and O–H groups in total. The average molecular weight is 382 g/mol. The monoisotopic (exact) mass is 382 g/mol. The highest BCUT2D eigenvalue weighted by atomic mass is 19.1. The number of aliphatic carboxylic acids is 1. The Morgan fingerprint density at radius 3 is 2.59 bits per heavy atom. The largest absolute Gasteiger partial charge is 0.490 e. The Hall–Kier alpha value is -1.73. The van der Waals surface area contributed by atoms with Gasteiger partial charge >= 0.3 is 5.97 Å². The van der Waals surface area contributed by atoms with Gasteiger partial charge in [0.1, 0.15) is 11.4 Å². The molecule has 7 heteroatoms. The highest BCUT2D eigenvalue weighted by molar-refractivity contribution is 5.78. The minimum atomic E-state index is -2.31. The van der Waals surface area contributed by atoms with Gasteiger partial charge in [-0.3, -0.25) is 4.98 Å². The van der Waals surface area contributed by atoms with Gasteiger partial charge in [0.2, 0.25) is 0 Å². The summed E-state index contributed by atoms with van der Waals surface area (Å²) in [6.07, 6.45) is 5.24. The average Bonchev–Trinajstić information content (AvgIpc) is 2.55. The molecule has 1 heterocycles. The zero-order valence-electron chi connectivity index (χ0n) is 16.3. The molecule has 0 spiro atoms. The molecule has 2 rings (SSSR count). The van der Waals surface area contributed by atoms with E-state index in [1.165, 1.54) is 20.0 Å². The number of carboxylic acids is 1. The van der Waals surface area contributed by atoms with Crippen molar-refractivity contribution < 1.29 is 24.1 Å². The first-order valence-corrected chi connectivity index (χ1v) is 9.51. The number of ether oxygens (including phenoxy) is 1. The Bertz CT molecular complexity index is 641. The number of pyridine rings is 1. The quantitative estimate of drug-likeness (QED) is 0.638. The molecule has 0 saturated heterocycles. The first-order chi connectivity index (χ1) is 12.5. The number of rotatable bonds is 8. The number of nitrogens with two attached hydrogens (primary N) is 1. The summed E-state index contributed by atoms with van der Waals surface area (Å²) in [4.78, 5) is 15.8. The van der Waals surface area contributed by atoms with E-state index in [-0.39, 0.29) is 18.9 Å². The molecule has 0 bridgehead atoms. The SMILES string of the molecule is CC1CCC(Oc2ccnc(C[C@](O)(C(=O)O)[C@@H](N)CC(C)(C)F)c2)CC1. The Morgan fingerprint density at radius 1 is 1.41 bits per heavy atom. The smallest absolute Gasteiger partial charge is 0.337 e. The van der Waals surface area contributed by atoms with Gasteiger partial charge in [-0.1, -0.05) is 6.92 Å². The predicted molar refractivity (Wildman–Crippen MR) is 100 cm³/mol. The van der Waals surface area contributed by atoms with Crippen LogP contribution in [0.15, 0.2) is 18.3 Å². The van der Waals surface area contributed by atoms with Crippen LogP contribution < -0.4 is 10.5 Å². The van der Waals surface area contributed by atoms with Gasteiger partial charge < -0.3 is 20.7 Å². The maximum atomic E-state index is 13.9. The second-order valence-electron chi connectivity index (χ2n) is 8.42. The summed E-state index contributed by atoms with van der Waals surface area (Å²) in [6, 6.07) is 2.06. The summed E-state index contributed by atoms with van der Waals surface area (Å²) < 4.78 is 19.9. The van der Waals surface area contributed by atoms with Crippen molar-refractivity contribution in [3.8, 4) is 5.75 Å². The zero-order valence-corrected chi connectivity index (χ0v) is 16.3. The number of hydrogen-bond donors (Lipinski definition) is 3. The molecule has 152 valence electrons. The number of carboxylic acid groups (broad SMARTS) is 1. The normalized spacial score (nSPS) is 24.1. The first kappa shape index (κ1) is 21.6. The molecule has 0 unspecified atom stereocenters. The van der Waals surface area contributed by atoms with Gasteiger partial charge in [-0.25, -0.2) is 9.18 Å². The van der Waals surface area contributed by atoms with Crippen molar-refractivity contribution >= 4 is 5.97 Å². The van der Waals surface area contributed by atoms with Gasteiger partial charge in [0.15, 0.2) is 5.60 Å². The van der Waals surface area contributed by atoms with Crippen molar-refractivity contribution in [3.05, 3.63) is 24.0 Å².